The predicted octanol–water partition coefficient (Wildman–Crippen LogP) is 5.88. The van der Waals surface area contributed by atoms with Crippen LogP contribution in [-0.4, -0.2) is 35.3 Å². The number of carbonyl (C=O) groups is 1. The minimum Gasteiger partial charge on any atom is -0.476 e. The van der Waals surface area contributed by atoms with Crippen LogP contribution in [0.3, 0.4) is 0 Å². The lowest BCUT2D eigenvalue weighted by Gasteiger charge is -2.17. The number of hydrogen-bond acceptors (Lipinski definition) is 3. The van der Waals surface area contributed by atoms with Gasteiger partial charge >= 0.3 is 5.97 Å². The van der Waals surface area contributed by atoms with E-state index in [0.717, 1.165) is 11.6 Å². The van der Waals surface area contributed by atoms with Crippen LogP contribution in [0.4, 0.5) is 0 Å². The maximum atomic E-state index is 12.0. The second-order valence-corrected chi connectivity index (χ2v) is 14.1. The van der Waals surface area contributed by atoms with Crippen LogP contribution >= 0.6 is 11.6 Å². The highest BCUT2D eigenvalue weighted by atomic mass is 35.5. The Hall–Kier alpha value is -2.41. The van der Waals surface area contributed by atoms with Gasteiger partial charge in [0.25, 0.3) is 0 Å². The summed E-state index contributed by atoms with van der Waals surface area (Å²) in [5.74, 6) is -0.552. The fraction of sp³-hybridized carbons (Fsp3) is 0.273. The molecule has 1 N–H and O–H groups in total. The van der Waals surface area contributed by atoms with Gasteiger partial charge < -0.3 is 9.84 Å². The van der Waals surface area contributed by atoms with Gasteiger partial charge in [-0.1, -0.05) is 79.8 Å². The molecule has 7 heteroatoms. The second kappa shape index (κ2) is 8.94. The molecular weight excluding hydrogens is 404 g/mol. The summed E-state index contributed by atoms with van der Waals surface area (Å²) in [6, 6.07) is 17.7. The Balaban J connectivity index is 2.10. The predicted molar refractivity (Wildman–Crippen MR) is 119 cm³/mol. The molecule has 0 aliphatic rings. The van der Waals surface area contributed by atoms with Crippen LogP contribution in [-0.2, 0) is 11.5 Å². The van der Waals surface area contributed by atoms with Crippen molar-refractivity contribution in [2.24, 2.45) is 0 Å². The van der Waals surface area contributed by atoms with Crippen molar-refractivity contribution in [1.29, 1.82) is 0 Å². The van der Waals surface area contributed by atoms with Gasteiger partial charge in [-0.15, -0.1) is 0 Å². The van der Waals surface area contributed by atoms with Gasteiger partial charge in [-0.3, -0.25) is 4.57 Å². The maximum absolute atomic E-state index is 12.0. The molecule has 0 unspecified atom stereocenters. The Morgan fingerprint density at radius 2 is 1.76 bits per heavy atom. The van der Waals surface area contributed by atoms with Crippen molar-refractivity contribution in [3.05, 3.63) is 65.3 Å². The average Bonchev–Trinajstić information content (AvgIpc) is 3.05. The summed E-state index contributed by atoms with van der Waals surface area (Å²) in [7, 11) is -1.24. The zero-order chi connectivity index (χ0) is 21.0. The van der Waals surface area contributed by atoms with Crippen LogP contribution in [0.1, 0.15) is 10.5 Å². The molecule has 29 heavy (non-hydrogen) atoms. The number of ether oxygens (including phenoxy) is 1. The van der Waals surface area contributed by atoms with Crippen molar-refractivity contribution in [2.75, 3.05) is 6.61 Å². The highest BCUT2D eigenvalue weighted by molar-refractivity contribution is 6.76. The van der Waals surface area contributed by atoms with Crippen LogP contribution in [0.2, 0.25) is 30.7 Å². The number of carboxylic acid groups (broad SMARTS) is 1. The highest BCUT2D eigenvalue weighted by Crippen LogP contribution is 2.34. The Morgan fingerprint density at radius 1 is 1.10 bits per heavy atom. The SMILES string of the molecule is C[Si](C)(C)CCOCn1c(-c2ccccc2)nc(C(=O)O)c1-c1ccccc1Cl. The van der Waals surface area contributed by atoms with Crippen molar-refractivity contribution in [3.63, 3.8) is 0 Å². The fourth-order valence-corrected chi connectivity index (χ4v) is 3.98. The van der Waals surface area contributed by atoms with Crippen molar-refractivity contribution in [1.82, 2.24) is 9.55 Å². The Labute approximate surface area is 176 Å². The molecule has 2 aromatic carbocycles. The summed E-state index contributed by atoms with van der Waals surface area (Å²) < 4.78 is 7.78. The summed E-state index contributed by atoms with van der Waals surface area (Å²) in [5.41, 5.74) is 1.86. The van der Waals surface area contributed by atoms with E-state index in [0.29, 0.717) is 28.7 Å². The fourth-order valence-electron chi connectivity index (χ4n) is 3.00. The number of carboxylic acids is 1. The quantitative estimate of drug-likeness (QED) is 0.359. The Kier molecular flexibility index (Phi) is 6.57. The van der Waals surface area contributed by atoms with E-state index in [1.807, 2.05) is 47.0 Å². The van der Waals surface area contributed by atoms with Crippen molar-refractivity contribution in [2.45, 2.75) is 32.4 Å². The highest BCUT2D eigenvalue weighted by Gasteiger charge is 2.25. The van der Waals surface area contributed by atoms with Gasteiger partial charge in [-0.2, -0.15) is 0 Å². The van der Waals surface area contributed by atoms with Crippen LogP contribution < -0.4 is 0 Å². The molecule has 3 rings (SSSR count). The number of nitrogens with zero attached hydrogens (tertiary/aromatic N) is 2. The van der Waals surface area contributed by atoms with Crippen LogP contribution in [0.5, 0.6) is 0 Å². The summed E-state index contributed by atoms with van der Waals surface area (Å²) in [4.78, 5) is 16.5. The zero-order valence-electron chi connectivity index (χ0n) is 16.9. The van der Waals surface area contributed by atoms with Crippen molar-refractivity contribution < 1.29 is 14.6 Å². The van der Waals surface area contributed by atoms with Crippen molar-refractivity contribution >= 4 is 25.6 Å². The topological polar surface area (TPSA) is 64.4 Å². The summed E-state index contributed by atoms with van der Waals surface area (Å²) in [5, 5.41) is 10.3. The van der Waals surface area contributed by atoms with Gasteiger partial charge in [-0.25, -0.2) is 9.78 Å². The van der Waals surface area contributed by atoms with E-state index >= 15 is 0 Å². The molecular formula is C22H25ClN2O3Si. The Bertz CT molecular complexity index is 997. The van der Waals surface area contributed by atoms with Gasteiger partial charge in [0, 0.05) is 30.8 Å². The summed E-state index contributed by atoms with van der Waals surface area (Å²) in [6.07, 6.45) is 0. The number of aromatic carboxylic acids is 1. The third kappa shape index (κ3) is 5.15. The molecule has 0 saturated heterocycles. The minimum atomic E-state index is -1.24. The molecule has 0 atom stereocenters. The number of benzene rings is 2. The van der Waals surface area contributed by atoms with Crippen LogP contribution in [0, 0.1) is 0 Å². The molecule has 0 bridgehead atoms. The number of hydrogen-bond donors (Lipinski definition) is 1. The summed E-state index contributed by atoms with van der Waals surface area (Å²) >= 11 is 6.41. The Morgan fingerprint density at radius 3 is 2.38 bits per heavy atom. The third-order valence-electron chi connectivity index (χ3n) is 4.55. The molecule has 0 radical (unpaired) electrons. The zero-order valence-corrected chi connectivity index (χ0v) is 18.6. The van der Waals surface area contributed by atoms with E-state index in [1.54, 1.807) is 12.1 Å². The first kappa shape index (κ1) is 21.3. The van der Waals surface area contributed by atoms with E-state index in [-0.39, 0.29) is 12.4 Å². The lowest BCUT2D eigenvalue weighted by molar-refractivity contribution is 0.0691. The summed E-state index contributed by atoms with van der Waals surface area (Å²) in [6.45, 7) is 7.70. The first-order chi connectivity index (χ1) is 13.8. The molecule has 0 aliphatic carbocycles. The molecule has 5 nitrogen and oxygen atoms in total. The maximum Gasteiger partial charge on any atom is 0.356 e. The van der Waals surface area contributed by atoms with E-state index < -0.39 is 14.0 Å². The first-order valence-corrected chi connectivity index (χ1v) is 13.6. The molecule has 0 fully saturated rings. The number of imidazole rings is 1. The second-order valence-electron chi connectivity index (χ2n) is 8.06. The largest absolute Gasteiger partial charge is 0.476 e. The number of rotatable bonds is 8. The lowest BCUT2D eigenvalue weighted by atomic mass is 10.1. The average molecular weight is 429 g/mol. The molecule has 152 valence electrons. The molecule has 1 aromatic heterocycles. The first-order valence-electron chi connectivity index (χ1n) is 9.50. The number of aromatic nitrogens is 2. The molecule has 1 heterocycles. The molecule has 0 amide bonds. The van der Waals surface area contributed by atoms with E-state index in [2.05, 4.69) is 24.6 Å². The smallest absolute Gasteiger partial charge is 0.356 e. The van der Waals surface area contributed by atoms with Gasteiger partial charge in [0.05, 0.1) is 5.69 Å². The van der Waals surface area contributed by atoms with E-state index in [1.165, 1.54) is 0 Å². The third-order valence-corrected chi connectivity index (χ3v) is 6.58. The molecule has 3 aromatic rings. The van der Waals surface area contributed by atoms with E-state index in [4.69, 9.17) is 16.3 Å². The normalized spacial score (nSPS) is 11.6. The minimum absolute atomic E-state index is 0.0363. The van der Waals surface area contributed by atoms with Gasteiger partial charge in [-0.05, 0) is 12.1 Å². The van der Waals surface area contributed by atoms with E-state index in [9.17, 15) is 9.90 Å². The monoisotopic (exact) mass is 428 g/mol. The molecule has 0 saturated carbocycles. The van der Waals surface area contributed by atoms with Crippen LogP contribution in [0.15, 0.2) is 54.6 Å². The molecule has 0 spiro atoms. The number of halogens is 1. The van der Waals surface area contributed by atoms with Gasteiger partial charge in [0.15, 0.2) is 5.69 Å². The molecule has 0 aliphatic heterocycles. The lowest BCUT2D eigenvalue weighted by Crippen LogP contribution is -2.22. The van der Waals surface area contributed by atoms with Crippen LogP contribution in [0.25, 0.3) is 22.6 Å². The standard InChI is InChI=1S/C22H25ClN2O3Si/c1-29(2,3)14-13-28-15-25-20(17-11-7-8-12-18(17)23)19(22(26)27)24-21(25)16-9-5-4-6-10-16/h4-12H,13-15H2,1-3H3,(H,26,27). The van der Waals surface area contributed by atoms with Gasteiger partial charge in [0.2, 0.25) is 0 Å². The van der Waals surface area contributed by atoms with Crippen molar-refractivity contribution in [3.8, 4) is 22.6 Å². The van der Waals surface area contributed by atoms with Gasteiger partial charge in [0.1, 0.15) is 12.6 Å².